The number of hydrogen-bond donors (Lipinski definition) is 0. The molecule has 2 rings (SSSR count). The monoisotopic (exact) mass is 277 g/mol. The van der Waals surface area contributed by atoms with Crippen molar-refractivity contribution in [2.45, 2.75) is 25.3 Å². The Balaban J connectivity index is 2.12. The third-order valence-electron chi connectivity index (χ3n) is 3.83. The Morgan fingerprint density at radius 1 is 1.15 bits per heavy atom. The summed E-state index contributed by atoms with van der Waals surface area (Å²) < 4.78 is 10.4. The van der Waals surface area contributed by atoms with Gasteiger partial charge in [-0.2, -0.15) is 0 Å². The maximum absolute atomic E-state index is 12.7. The van der Waals surface area contributed by atoms with Crippen molar-refractivity contribution in [3.63, 3.8) is 0 Å². The highest BCUT2D eigenvalue weighted by Crippen LogP contribution is 2.18. The standard InChI is InChI=1S/C16H23NO3/c1-19-12-15(17-10-4-3-5-11-17)16(18)13-6-8-14(20-2)9-7-13/h6-9,15H,3-5,10-12H2,1-2H3. The summed E-state index contributed by atoms with van der Waals surface area (Å²) in [6.07, 6.45) is 3.58. The first-order chi connectivity index (χ1) is 9.76. The van der Waals surface area contributed by atoms with Gasteiger partial charge in [-0.15, -0.1) is 0 Å². The number of ether oxygens (including phenoxy) is 2. The minimum Gasteiger partial charge on any atom is -0.497 e. The summed E-state index contributed by atoms with van der Waals surface area (Å²) in [7, 11) is 3.27. The lowest BCUT2D eigenvalue weighted by Crippen LogP contribution is -2.46. The number of carbonyl (C=O) groups excluding carboxylic acids is 1. The minimum atomic E-state index is -0.173. The average Bonchev–Trinajstić information content (AvgIpc) is 2.53. The Labute approximate surface area is 120 Å². The molecule has 1 aliphatic heterocycles. The zero-order chi connectivity index (χ0) is 14.4. The SMILES string of the molecule is COCC(C(=O)c1ccc(OC)cc1)N1CCCCC1. The molecule has 110 valence electrons. The van der Waals surface area contributed by atoms with Crippen LogP contribution in [-0.2, 0) is 4.74 Å². The summed E-state index contributed by atoms with van der Waals surface area (Å²) in [6, 6.07) is 7.14. The molecule has 0 bridgehead atoms. The van der Waals surface area contributed by atoms with Gasteiger partial charge in [-0.3, -0.25) is 9.69 Å². The van der Waals surface area contributed by atoms with Gasteiger partial charge >= 0.3 is 0 Å². The second kappa shape index (κ2) is 7.41. The number of ketones is 1. The third-order valence-corrected chi connectivity index (χ3v) is 3.83. The van der Waals surface area contributed by atoms with Crippen LogP contribution in [0.4, 0.5) is 0 Å². The smallest absolute Gasteiger partial charge is 0.182 e. The molecule has 0 saturated carbocycles. The van der Waals surface area contributed by atoms with Gasteiger partial charge < -0.3 is 9.47 Å². The molecule has 1 atom stereocenters. The molecule has 1 unspecified atom stereocenters. The number of benzene rings is 1. The Morgan fingerprint density at radius 2 is 1.80 bits per heavy atom. The molecule has 0 aromatic heterocycles. The summed E-state index contributed by atoms with van der Waals surface area (Å²) in [5, 5.41) is 0. The first kappa shape index (κ1) is 15.0. The molecule has 1 heterocycles. The lowest BCUT2D eigenvalue weighted by Gasteiger charge is -2.33. The fourth-order valence-corrected chi connectivity index (χ4v) is 2.68. The third kappa shape index (κ3) is 3.58. The highest BCUT2D eigenvalue weighted by molar-refractivity contribution is 6.00. The number of methoxy groups -OCH3 is 2. The molecule has 1 fully saturated rings. The van der Waals surface area contributed by atoms with E-state index in [9.17, 15) is 4.79 Å². The van der Waals surface area contributed by atoms with Crippen LogP contribution in [-0.4, -0.2) is 50.6 Å². The largest absolute Gasteiger partial charge is 0.497 e. The van der Waals surface area contributed by atoms with Crippen LogP contribution in [0.25, 0.3) is 0 Å². The molecule has 0 aliphatic carbocycles. The zero-order valence-corrected chi connectivity index (χ0v) is 12.3. The molecule has 1 saturated heterocycles. The van der Waals surface area contributed by atoms with Crippen molar-refractivity contribution in [1.29, 1.82) is 0 Å². The molecule has 0 spiro atoms. The number of piperidine rings is 1. The van der Waals surface area contributed by atoms with Crippen LogP contribution in [0.5, 0.6) is 5.75 Å². The minimum absolute atomic E-state index is 0.136. The topological polar surface area (TPSA) is 38.8 Å². The first-order valence-electron chi connectivity index (χ1n) is 7.17. The van der Waals surface area contributed by atoms with Crippen LogP contribution in [0.1, 0.15) is 29.6 Å². The molecule has 0 N–H and O–H groups in total. The molecule has 1 aromatic carbocycles. The van der Waals surface area contributed by atoms with Crippen molar-refractivity contribution in [3.8, 4) is 5.75 Å². The van der Waals surface area contributed by atoms with E-state index in [2.05, 4.69) is 4.90 Å². The lowest BCUT2D eigenvalue weighted by atomic mass is 10.0. The van der Waals surface area contributed by atoms with Crippen LogP contribution in [0, 0.1) is 0 Å². The van der Waals surface area contributed by atoms with E-state index in [-0.39, 0.29) is 11.8 Å². The van der Waals surface area contributed by atoms with E-state index in [1.54, 1.807) is 14.2 Å². The maximum Gasteiger partial charge on any atom is 0.182 e. The van der Waals surface area contributed by atoms with Gasteiger partial charge in [0.25, 0.3) is 0 Å². The number of carbonyl (C=O) groups is 1. The molecule has 1 aromatic rings. The van der Waals surface area contributed by atoms with E-state index in [0.29, 0.717) is 6.61 Å². The van der Waals surface area contributed by atoms with Crippen LogP contribution in [0.15, 0.2) is 24.3 Å². The molecule has 4 nitrogen and oxygen atoms in total. The summed E-state index contributed by atoms with van der Waals surface area (Å²) in [5.74, 6) is 0.902. The predicted molar refractivity (Wildman–Crippen MR) is 78.4 cm³/mol. The fraction of sp³-hybridized carbons (Fsp3) is 0.562. The zero-order valence-electron chi connectivity index (χ0n) is 12.3. The Bertz CT molecular complexity index is 424. The second-order valence-electron chi connectivity index (χ2n) is 5.16. The van der Waals surface area contributed by atoms with Crippen LogP contribution in [0.3, 0.4) is 0 Å². The molecule has 4 heteroatoms. The molecule has 0 radical (unpaired) electrons. The molecule has 20 heavy (non-hydrogen) atoms. The number of hydrogen-bond acceptors (Lipinski definition) is 4. The van der Waals surface area contributed by atoms with Gasteiger partial charge in [-0.1, -0.05) is 6.42 Å². The highest BCUT2D eigenvalue weighted by atomic mass is 16.5. The van der Waals surface area contributed by atoms with Crippen LogP contribution in [0.2, 0.25) is 0 Å². The Kier molecular flexibility index (Phi) is 5.56. The van der Waals surface area contributed by atoms with Crippen molar-refractivity contribution in [2.24, 2.45) is 0 Å². The second-order valence-corrected chi connectivity index (χ2v) is 5.16. The molecular weight excluding hydrogens is 254 g/mol. The van der Waals surface area contributed by atoms with Crippen LogP contribution >= 0.6 is 0 Å². The summed E-state index contributed by atoms with van der Waals surface area (Å²) in [4.78, 5) is 14.9. The van der Waals surface area contributed by atoms with Crippen molar-refractivity contribution in [2.75, 3.05) is 33.9 Å². The van der Waals surface area contributed by atoms with Gasteiger partial charge in [0.1, 0.15) is 5.75 Å². The average molecular weight is 277 g/mol. The van der Waals surface area contributed by atoms with E-state index in [4.69, 9.17) is 9.47 Å². The summed E-state index contributed by atoms with van der Waals surface area (Å²) in [6.45, 7) is 2.41. The first-order valence-corrected chi connectivity index (χ1v) is 7.17. The Hall–Kier alpha value is -1.39. The van der Waals surface area contributed by atoms with Gasteiger partial charge in [0, 0.05) is 12.7 Å². The Morgan fingerprint density at radius 3 is 2.35 bits per heavy atom. The maximum atomic E-state index is 12.7. The van der Waals surface area contributed by atoms with Crippen molar-refractivity contribution >= 4 is 5.78 Å². The van der Waals surface area contributed by atoms with Gasteiger partial charge in [0.05, 0.1) is 19.8 Å². The number of rotatable bonds is 6. The summed E-state index contributed by atoms with van der Waals surface area (Å²) in [5.41, 5.74) is 0.721. The van der Waals surface area contributed by atoms with E-state index in [0.717, 1.165) is 37.2 Å². The highest BCUT2D eigenvalue weighted by Gasteiger charge is 2.27. The summed E-state index contributed by atoms with van der Waals surface area (Å²) >= 11 is 0. The van der Waals surface area contributed by atoms with E-state index in [1.807, 2.05) is 24.3 Å². The van der Waals surface area contributed by atoms with E-state index >= 15 is 0 Å². The van der Waals surface area contributed by atoms with E-state index < -0.39 is 0 Å². The quantitative estimate of drug-likeness (QED) is 0.748. The molecular formula is C16H23NO3. The van der Waals surface area contributed by atoms with Gasteiger partial charge in [-0.25, -0.2) is 0 Å². The normalized spacial score (nSPS) is 17.7. The number of likely N-dealkylation sites (tertiary alicyclic amines) is 1. The number of Topliss-reactive ketones (excluding diaryl/α,β-unsaturated/α-hetero) is 1. The molecule has 1 aliphatic rings. The predicted octanol–water partition coefficient (Wildman–Crippen LogP) is 2.38. The van der Waals surface area contributed by atoms with Crippen LogP contribution < -0.4 is 4.74 Å². The van der Waals surface area contributed by atoms with Gasteiger partial charge in [0.2, 0.25) is 0 Å². The molecule has 0 amide bonds. The van der Waals surface area contributed by atoms with Gasteiger partial charge in [0.15, 0.2) is 5.78 Å². The fourth-order valence-electron chi connectivity index (χ4n) is 2.68. The van der Waals surface area contributed by atoms with E-state index in [1.165, 1.54) is 6.42 Å². The van der Waals surface area contributed by atoms with Crippen molar-refractivity contribution in [1.82, 2.24) is 4.90 Å². The number of nitrogens with zero attached hydrogens (tertiary/aromatic N) is 1. The lowest BCUT2D eigenvalue weighted by molar-refractivity contribution is 0.0556. The van der Waals surface area contributed by atoms with Gasteiger partial charge in [-0.05, 0) is 50.2 Å². The van der Waals surface area contributed by atoms with Crippen molar-refractivity contribution in [3.05, 3.63) is 29.8 Å². The van der Waals surface area contributed by atoms with Crippen molar-refractivity contribution < 1.29 is 14.3 Å².